The minimum atomic E-state index is -4.64. The number of aromatic nitrogens is 2. The van der Waals surface area contributed by atoms with Crippen LogP contribution >= 0.6 is 0 Å². The van der Waals surface area contributed by atoms with Crippen LogP contribution in [0.3, 0.4) is 0 Å². The fraction of sp³-hybridized carbons (Fsp3) is 0.407. The highest BCUT2D eigenvalue weighted by molar-refractivity contribution is 5.95. The zero-order chi connectivity index (χ0) is 25.9. The number of hydrogen-bond donors (Lipinski definition) is 1. The number of alkyl halides is 3. The Hall–Kier alpha value is -3.29. The van der Waals surface area contributed by atoms with Crippen molar-refractivity contribution in [1.82, 2.24) is 9.13 Å². The summed E-state index contributed by atoms with van der Waals surface area (Å²) in [6.07, 6.45) is -3.97. The summed E-state index contributed by atoms with van der Waals surface area (Å²) in [5.74, 6) is -0.991. The summed E-state index contributed by atoms with van der Waals surface area (Å²) in [5.41, 5.74) is 0.528. The zero-order valence-corrected chi connectivity index (χ0v) is 20.4. The van der Waals surface area contributed by atoms with Crippen molar-refractivity contribution in [3.63, 3.8) is 0 Å². The van der Waals surface area contributed by atoms with Gasteiger partial charge in [-0.3, -0.25) is 9.13 Å². The number of carboxylic acids is 1. The van der Waals surface area contributed by atoms with Gasteiger partial charge in [-0.05, 0) is 47.4 Å². The molecule has 0 fully saturated rings. The molecule has 5 nitrogen and oxygen atoms in total. The first kappa shape index (κ1) is 26.3. The van der Waals surface area contributed by atoms with Crippen molar-refractivity contribution in [2.75, 3.05) is 0 Å². The molecule has 0 saturated heterocycles. The molecule has 0 amide bonds. The second kappa shape index (κ2) is 10.5. The van der Waals surface area contributed by atoms with Gasteiger partial charge in [0.1, 0.15) is 5.69 Å². The standard InChI is InChI=1S/C27H31F3N2O3/c1-17(2)9-14-23-24(27(28,29)30)32(15-18(3)4)26(35)31(23)16-19-10-12-20(13-11-19)21-7-5-6-8-22(21)25(33)34/h5-8,10-13,17-18H,9,14-16H2,1-4H3,(H,33,34). The molecule has 0 radical (unpaired) electrons. The number of rotatable bonds is 9. The lowest BCUT2D eigenvalue weighted by molar-refractivity contribution is -0.144. The van der Waals surface area contributed by atoms with Gasteiger partial charge in [0.05, 0.1) is 17.8 Å². The van der Waals surface area contributed by atoms with E-state index in [1.165, 1.54) is 10.6 Å². The number of benzene rings is 2. The van der Waals surface area contributed by atoms with Crippen molar-refractivity contribution in [3.05, 3.63) is 81.5 Å². The van der Waals surface area contributed by atoms with E-state index in [9.17, 15) is 27.9 Å². The highest BCUT2D eigenvalue weighted by Gasteiger charge is 2.40. The minimum Gasteiger partial charge on any atom is -0.478 e. The van der Waals surface area contributed by atoms with E-state index in [0.29, 0.717) is 23.1 Å². The van der Waals surface area contributed by atoms with Crippen LogP contribution in [0.4, 0.5) is 13.2 Å². The Kier molecular flexibility index (Phi) is 7.93. The third-order valence-corrected chi connectivity index (χ3v) is 5.87. The van der Waals surface area contributed by atoms with Gasteiger partial charge in [-0.2, -0.15) is 13.2 Å². The van der Waals surface area contributed by atoms with Crippen LogP contribution in [0.1, 0.15) is 61.4 Å². The number of imidazole rings is 1. The molecule has 0 atom stereocenters. The molecule has 0 aliphatic carbocycles. The average Bonchev–Trinajstić information content (AvgIpc) is 3.03. The molecule has 1 N–H and O–H groups in total. The molecule has 1 aromatic heterocycles. The normalized spacial score (nSPS) is 12.0. The molecule has 2 aromatic carbocycles. The van der Waals surface area contributed by atoms with E-state index < -0.39 is 23.5 Å². The van der Waals surface area contributed by atoms with Gasteiger partial charge >= 0.3 is 17.8 Å². The maximum Gasteiger partial charge on any atom is 0.433 e. The Morgan fingerprint density at radius 1 is 0.943 bits per heavy atom. The van der Waals surface area contributed by atoms with E-state index in [2.05, 4.69) is 0 Å². The fourth-order valence-corrected chi connectivity index (χ4v) is 4.23. The van der Waals surface area contributed by atoms with Crippen LogP contribution in [0.2, 0.25) is 0 Å². The lowest BCUT2D eigenvalue weighted by atomic mass is 9.98. The van der Waals surface area contributed by atoms with Crippen LogP contribution in [0.25, 0.3) is 11.1 Å². The van der Waals surface area contributed by atoms with Gasteiger partial charge in [-0.15, -0.1) is 0 Å². The third kappa shape index (κ3) is 6.05. The van der Waals surface area contributed by atoms with E-state index >= 15 is 0 Å². The van der Waals surface area contributed by atoms with Crippen LogP contribution < -0.4 is 5.69 Å². The van der Waals surface area contributed by atoms with Crippen LogP contribution in [-0.2, 0) is 25.7 Å². The van der Waals surface area contributed by atoms with Gasteiger partial charge in [0.25, 0.3) is 0 Å². The molecule has 0 aliphatic rings. The van der Waals surface area contributed by atoms with E-state index in [1.807, 2.05) is 13.8 Å². The van der Waals surface area contributed by atoms with Crippen molar-refractivity contribution in [3.8, 4) is 11.1 Å². The Labute approximate surface area is 202 Å². The van der Waals surface area contributed by atoms with Crippen molar-refractivity contribution >= 4 is 5.97 Å². The number of nitrogens with zero attached hydrogens (tertiary/aromatic N) is 2. The molecule has 0 spiro atoms. The molecule has 1 heterocycles. The van der Waals surface area contributed by atoms with Crippen LogP contribution in [-0.4, -0.2) is 20.2 Å². The minimum absolute atomic E-state index is 0.00128. The highest BCUT2D eigenvalue weighted by atomic mass is 19.4. The van der Waals surface area contributed by atoms with Crippen molar-refractivity contribution in [2.45, 2.75) is 59.8 Å². The molecule has 3 aromatic rings. The Bertz CT molecular complexity index is 1240. The summed E-state index contributed by atoms with van der Waals surface area (Å²) in [7, 11) is 0. The number of carboxylic acid groups (broad SMARTS) is 1. The van der Waals surface area contributed by atoms with Crippen LogP contribution in [0, 0.1) is 11.8 Å². The molecule has 188 valence electrons. The predicted molar refractivity (Wildman–Crippen MR) is 130 cm³/mol. The van der Waals surface area contributed by atoms with Crippen molar-refractivity contribution in [2.24, 2.45) is 11.8 Å². The summed E-state index contributed by atoms with van der Waals surface area (Å²) in [6, 6.07) is 13.5. The maximum atomic E-state index is 14.1. The van der Waals surface area contributed by atoms with Gasteiger partial charge in [-0.1, -0.05) is 70.2 Å². The predicted octanol–water partition coefficient (Wildman–Crippen LogP) is 6.33. The summed E-state index contributed by atoms with van der Waals surface area (Å²) in [5, 5.41) is 9.45. The summed E-state index contributed by atoms with van der Waals surface area (Å²) in [6.45, 7) is 7.43. The van der Waals surface area contributed by atoms with Crippen LogP contribution in [0.15, 0.2) is 53.3 Å². The van der Waals surface area contributed by atoms with Gasteiger partial charge in [0.15, 0.2) is 0 Å². The smallest absolute Gasteiger partial charge is 0.433 e. The molecule has 0 unspecified atom stereocenters. The van der Waals surface area contributed by atoms with E-state index in [1.54, 1.807) is 56.3 Å². The fourth-order valence-electron chi connectivity index (χ4n) is 4.23. The van der Waals surface area contributed by atoms with E-state index in [-0.39, 0.29) is 42.6 Å². The largest absolute Gasteiger partial charge is 0.478 e. The number of halogens is 3. The molecule has 0 aliphatic heterocycles. The second-order valence-electron chi connectivity index (χ2n) is 9.65. The first-order valence-electron chi connectivity index (χ1n) is 11.7. The monoisotopic (exact) mass is 488 g/mol. The number of hydrogen-bond acceptors (Lipinski definition) is 2. The van der Waals surface area contributed by atoms with Gasteiger partial charge < -0.3 is 5.11 Å². The lowest BCUT2D eigenvalue weighted by Crippen LogP contribution is -2.28. The van der Waals surface area contributed by atoms with Crippen LogP contribution in [0.5, 0.6) is 0 Å². The number of carbonyl (C=O) groups is 1. The zero-order valence-electron chi connectivity index (χ0n) is 20.4. The summed E-state index contributed by atoms with van der Waals surface area (Å²) >= 11 is 0. The average molecular weight is 489 g/mol. The highest BCUT2D eigenvalue weighted by Crippen LogP contribution is 2.33. The topological polar surface area (TPSA) is 64.2 Å². The Morgan fingerprint density at radius 3 is 2.11 bits per heavy atom. The summed E-state index contributed by atoms with van der Waals surface area (Å²) < 4.78 is 44.5. The first-order valence-corrected chi connectivity index (χ1v) is 11.7. The number of aromatic carboxylic acids is 1. The molecule has 35 heavy (non-hydrogen) atoms. The first-order chi connectivity index (χ1) is 16.4. The maximum absolute atomic E-state index is 14.1. The van der Waals surface area contributed by atoms with Gasteiger partial charge in [0.2, 0.25) is 0 Å². The van der Waals surface area contributed by atoms with Gasteiger partial charge in [0, 0.05) is 6.54 Å². The van der Waals surface area contributed by atoms with E-state index in [4.69, 9.17) is 0 Å². The Balaban J connectivity index is 2.05. The quantitative estimate of drug-likeness (QED) is 0.383. The van der Waals surface area contributed by atoms with E-state index in [0.717, 1.165) is 4.57 Å². The van der Waals surface area contributed by atoms with Gasteiger partial charge in [-0.25, -0.2) is 9.59 Å². The molecule has 0 bridgehead atoms. The molecule has 3 rings (SSSR count). The molecule has 0 saturated carbocycles. The molecule has 8 heteroatoms. The molecular weight excluding hydrogens is 457 g/mol. The summed E-state index contributed by atoms with van der Waals surface area (Å²) in [4.78, 5) is 24.8. The lowest BCUT2D eigenvalue weighted by Gasteiger charge is -2.15. The molecular formula is C27H31F3N2O3. The third-order valence-electron chi connectivity index (χ3n) is 5.87. The second-order valence-corrected chi connectivity index (χ2v) is 9.65. The van der Waals surface area contributed by atoms with Crippen molar-refractivity contribution < 1.29 is 23.1 Å². The Morgan fingerprint density at radius 2 is 1.57 bits per heavy atom. The SMILES string of the molecule is CC(C)CCc1c(C(F)(F)F)n(CC(C)C)c(=O)n1Cc1ccc(-c2ccccc2C(=O)O)cc1. The van der Waals surface area contributed by atoms with Crippen molar-refractivity contribution in [1.29, 1.82) is 0 Å².